The van der Waals surface area contributed by atoms with Crippen LogP contribution < -0.4 is 10.6 Å². The highest BCUT2D eigenvalue weighted by Crippen LogP contribution is 2.35. The Balaban J connectivity index is 1.58. The van der Waals surface area contributed by atoms with E-state index in [1.54, 1.807) is 19.4 Å². The van der Waals surface area contributed by atoms with E-state index in [0.717, 1.165) is 50.5 Å². The molecule has 4 rings (SSSR count). The number of carbonyl (C=O) groups excluding carboxylic acids is 3. The molecule has 2 aliphatic rings. The van der Waals surface area contributed by atoms with Crippen molar-refractivity contribution in [1.82, 2.24) is 20.5 Å². The minimum atomic E-state index is -0.700. The van der Waals surface area contributed by atoms with Gasteiger partial charge in [0.05, 0.1) is 12.1 Å². The molecule has 9 heteroatoms. The van der Waals surface area contributed by atoms with Gasteiger partial charge in [0.25, 0.3) is 0 Å². The molecular formula is C27H33FN4O3S. The Kier molecular flexibility index (Phi) is 8.64. The van der Waals surface area contributed by atoms with E-state index in [-0.39, 0.29) is 23.6 Å². The number of amides is 2. The number of thiazole rings is 1. The fraction of sp³-hybridized carbons (Fsp3) is 0.481. The van der Waals surface area contributed by atoms with E-state index < -0.39 is 17.9 Å². The maximum Gasteiger partial charge on any atom is 0.250 e. The second-order valence-electron chi connectivity index (χ2n) is 9.43. The van der Waals surface area contributed by atoms with Crippen molar-refractivity contribution < 1.29 is 18.8 Å². The van der Waals surface area contributed by atoms with Crippen molar-refractivity contribution in [3.05, 3.63) is 63.4 Å². The SMILES string of the molecule is CN[C@@H](C)C(=O)N[C@H](C(=O)N1CCCC[C@@H]1c1nc(C(=O)c2ccc(F)cc2)cs1)C1=CCCCC1. The predicted octanol–water partition coefficient (Wildman–Crippen LogP) is 4.16. The molecule has 1 saturated heterocycles. The predicted molar refractivity (Wildman–Crippen MR) is 137 cm³/mol. The van der Waals surface area contributed by atoms with Gasteiger partial charge >= 0.3 is 0 Å². The van der Waals surface area contributed by atoms with Crippen molar-refractivity contribution in [2.24, 2.45) is 0 Å². The summed E-state index contributed by atoms with van der Waals surface area (Å²) < 4.78 is 13.3. The number of halogens is 1. The molecule has 36 heavy (non-hydrogen) atoms. The topological polar surface area (TPSA) is 91.4 Å². The zero-order valence-electron chi connectivity index (χ0n) is 20.8. The lowest BCUT2D eigenvalue weighted by Crippen LogP contribution is -2.54. The van der Waals surface area contributed by atoms with Crippen molar-refractivity contribution in [1.29, 1.82) is 0 Å². The lowest BCUT2D eigenvalue weighted by atomic mass is 9.91. The second-order valence-corrected chi connectivity index (χ2v) is 10.3. The van der Waals surface area contributed by atoms with Gasteiger partial charge in [0.1, 0.15) is 22.6 Å². The number of rotatable bonds is 8. The van der Waals surface area contributed by atoms with Crippen LogP contribution in [0.5, 0.6) is 0 Å². The number of aromatic nitrogens is 1. The molecule has 3 atom stereocenters. The first-order valence-electron chi connectivity index (χ1n) is 12.6. The molecule has 0 bridgehead atoms. The molecule has 1 aromatic carbocycles. The van der Waals surface area contributed by atoms with Gasteiger partial charge in [0, 0.05) is 17.5 Å². The van der Waals surface area contributed by atoms with Gasteiger partial charge in [-0.25, -0.2) is 9.37 Å². The summed E-state index contributed by atoms with van der Waals surface area (Å²) in [6, 6.07) is 4.04. The molecule has 192 valence electrons. The quantitative estimate of drug-likeness (QED) is 0.409. The molecule has 1 fully saturated rings. The number of nitrogens with one attached hydrogen (secondary N) is 2. The first-order valence-corrected chi connectivity index (χ1v) is 13.5. The van der Waals surface area contributed by atoms with Crippen LogP contribution in [0, 0.1) is 5.82 Å². The van der Waals surface area contributed by atoms with Gasteiger partial charge in [-0.15, -0.1) is 11.3 Å². The maximum atomic E-state index is 13.9. The number of carbonyl (C=O) groups is 3. The fourth-order valence-electron chi connectivity index (χ4n) is 4.75. The number of likely N-dealkylation sites (N-methyl/N-ethyl adjacent to an activating group) is 1. The van der Waals surface area contributed by atoms with Crippen molar-refractivity contribution in [3.8, 4) is 0 Å². The van der Waals surface area contributed by atoms with Crippen LogP contribution in [-0.4, -0.2) is 53.2 Å². The summed E-state index contributed by atoms with van der Waals surface area (Å²) >= 11 is 1.36. The zero-order chi connectivity index (χ0) is 25.7. The van der Waals surface area contributed by atoms with Gasteiger partial charge in [-0.05, 0) is 88.8 Å². The zero-order valence-corrected chi connectivity index (χ0v) is 21.6. The summed E-state index contributed by atoms with van der Waals surface area (Å²) in [6.07, 6.45) is 8.44. The lowest BCUT2D eigenvalue weighted by Gasteiger charge is -2.38. The molecular weight excluding hydrogens is 479 g/mol. The van der Waals surface area contributed by atoms with Crippen LogP contribution in [-0.2, 0) is 9.59 Å². The molecule has 0 radical (unpaired) electrons. The molecule has 0 spiro atoms. The van der Waals surface area contributed by atoms with Crippen LogP contribution in [0.1, 0.15) is 79.0 Å². The third-order valence-corrected chi connectivity index (χ3v) is 7.93. The van der Waals surface area contributed by atoms with Crippen molar-refractivity contribution in [2.75, 3.05) is 13.6 Å². The van der Waals surface area contributed by atoms with Crippen LogP contribution in [0.4, 0.5) is 4.39 Å². The summed E-state index contributed by atoms with van der Waals surface area (Å²) in [6.45, 7) is 2.34. The van der Waals surface area contributed by atoms with Gasteiger partial charge in [-0.1, -0.05) is 6.08 Å². The lowest BCUT2D eigenvalue weighted by molar-refractivity contribution is -0.139. The number of allylic oxidation sites excluding steroid dienone is 1. The molecule has 0 unspecified atom stereocenters. The number of hydrogen-bond acceptors (Lipinski definition) is 6. The van der Waals surface area contributed by atoms with Crippen LogP contribution in [0.2, 0.25) is 0 Å². The third-order valence-electron chi connectivity index (χ3n) is 6.99. The van der Waals surface area contributed by atoms with Crippen LogP contribution >= 0.6 is 11.3 Å². The molecule has 1 aliphatic carbocycles. The highest BCUT2D eigenvalue weighted by molar-refractivity contribution is 7.10. The van der Waals surface area contributed by atoms with Gasteiger partial charge < -0.3 is 15.5 Å². The van der Waals surface area contributed by atoms with Gasteiger partial charge in [0.2, 0.25) is 17.6 Å². The molecule has 1 aromatic heterocycles. The van der Waals surface area contributed by atoms with Crippen molar-refractivity contribution in [3.63, 3.8) is 0 Å². The van der Waals surface area contributed by atoms with Gasteiger partial charge in [-0.2, -0.15) is 0 Å². The molecule has 2 N–H and O–H groups in total. The van der Waals surface area contributed by atoms with Gasteiger partial charge in [-0.3, -0.25) is 14.4 Å². The Labute approximate surface area is 215 Å². The van der Waals surface area contributed by atoms with E-state index in [2.05, 4.69) is 21.7 Å². The number of likely N-dealkylation sites (tertiary alicyclic amines) is 1. The number of nitrogens with zero attached hydrogens (tertiary/aromatic N) is 2. The van der Waals surface area contributed by atoms with Gasteiger partial charge in [0.15, 0.2) is 0 Å². The van der Waals surface area contributed by atoms with E-state index >= 15 is 0 Å². The molecule has 2 heterocycles. The summed E-state index contributed by atoms with van der Waals surface area (Å²) in [5.41, 5.74) is 1.64. The Morgan fingerprint density at radius 2 is 1.92 bits per heavy atom. The Hall–Kier alpha value is -2.91. The Bertz CT molecular complexity index is 1130. The third kappa shape index (κ3) is 5.90. The normalized spacial score (nSPS) is 19.8. The highest BCUT2D eigenvalue weighted by Gasteiger charge is 2.37. The molecule has 7 nitrogen and oxygen atoms in total. The number of ketones is 1. The van der Waals surface area contributed by atoms with E-state index in [1.165, 1.54) is 35.6 Å². The van der Waals surface area contributed by atoms with Crippen LogP contribution in [0.3, 0.4) is 0 Å². The molecule has 2 amide bonds. The van der Waals surface area contributed by atoms with E-state index in [4.69, 9.17) is 0 Å². The Morgan fingerprint density at radius 3 is 2.61 bits per heavy atom. The minimum absolute atomic E-state index is 0.119. The summed E-state index contributed by atoms with van der Waals surface area (Å²) in [5.74, 6) is -1.01. The molecule has 0 saturated carbocycles. The first kappa shape index (κ1) is 26.2. The van der Waals surface area contributed by atoms with E-state index in [1.807, 2.05) is 4.90 Å². The summed E-state index contributed by atoms with van der Waals surface area (Å²) in [7, 11) is 1.72. The minimum Gasteiger partial charge on any atom is -0.339 e. The average Bonchev–Trinajstić information content (AvgIpc) is 3.41. The number of benzene rings is 1. The summed E-state index contributed by atoms with van der Waals surface area (Å²) in [4.78, 5) is 46.0. The molecule has 2 aromatic rings. The summed E-state index contributed by atoms with van der Waals surface area (Å²) in [5, 5.41) is 8.34. The average molecular weight is 513 g/mol. The smallest absolute Gasteiger partial charge is 0.250 e. The maximum absolute atomic E-state index is 13.9. The van der Waals surface area contributed by atoms with Crippen LogP contribution in [0.25, 0.3) is 0 Å². The Morgan fingerprint density at radius 1 is 1.14 bits per heavy atom. The van der Waals surface area contributed by atoms with Crippen molar-refractivity contribution in [2.45, 2.75) is 70.0 Å². The monoisotopic (exact) mass is 512 g/mol. The van der Waals surface area contributed by atoms with E-state index in [9.17, 15) is 18.8 Å². The largest absolute Gasteiger partial charge is 0.339 e. The first-order chi connectivity index (χ1) is 17.4. The number of piperidine rings is 1. The molecule has 1 aliphatic heterocycles. The standard InChI is InChI=1S/C27H33FN4O3S/c1-17(29-2)25(34)31-23(18-8-4-3-5-9-18)27(35)32-15-7-6-10-22(32)26-30-21(16-36-26)24(33)19-11-13-20(28)14-12-19/h8,11-14,16-17,22-23,29H,3-7,9-10,15H2,1-2H3,(H,31,34)/t17-,22+,23-/m0/s1. The number of hydrogen-bond donors (Lipinski definition) is 2. The second kappa shape index (κ2) is 11.9. The van der Waals surface area contributed by atoms with Crippen molar-refractivity contribution >= 4 is 28.9 Å². The van der Waals surface area contributed by atoms with E-state index in [0.29, 0.717) is 22.8 Å². The fourth-order valence-corrected chi connectivity index (χ4v) is 5.69. The highest BCUT2D eigenvalue weighted by atomic mass is 32.1. The van der Waals surface area contributed by atoms with Crippen LogP contribution in [0.15, 0.2) is 41.3 Å².